The number of H-pyrrole nitrogens is 1. The number of fused-ring (bicyclic) bond motifs is 6. The average molecular weight is 549 g/mol. The number of halogens is 1. The molecular weight excluding hydrogens is 520 g/mol. The maximum Gasteiger partial charge on any atom is 0.251 e. The van der Waals surface area contributed by atoms with E-state index in [9.17, 15) is 9.59 Å². The summed E-state index contributed by atoms with van der Waals surface area (Å²) in [7, 11) is 0. The van der Waals surface area contributed by atoms with Gasteiger partial charge >= 0.3 is 0 Å². The second-order valence-corrected chi connectivity index (χ2v) is 10.4. The van der Waals surface area contributed by atoms with Crippen LogP contribution in [0.15, 0.2) is 48.7 Å². The maximum atomic E-state index is 13.5. The molecule has 1 saturated heterocycles. The molecule has 6 rings (SSSR count). The number of aromatic amines is 1. The lowest BCUT2D eigenvalue weighted by atomic mass is 10.1. The van der Waals surface area contributed by atoms with Crippen LogP contribution in [0.2, 0.25) is 5.02 Å². The molecule has 4 aromatic rings. The molecule has 2 amide bonds. The number of ether oxygens (including phenoxy) is 2. The van der Waals surface area contributed by atoms with Crippen LogP contribution in [-0.2, 0) is 29.1 Å². The first kappa shape index (κ1) is 25.4. The predicted molar refractivity (Wildman–Crippen MR) is 145 cm³/mol. The number of carbonyl (C=O) groups excluding carboxylic acids is 2. The zero-order valence-electron chi connectivity index (χ0n) is 21.5. The van der Waals surface area contributed by atoms with Gasteiger partial charge in [-0.15, -0.1) is 5.10 Å². The fraction of sp³-hybridized carbons (Fsp3) is 0.357. The van der Waals surface area contributed by atoms with E-state index in [1.165, 1.54) is 0 Å². The first-order valence-electron chi connectivity index (χ1n) is 13.0. The van der Waals surface area contributed by atoms with Gasteiger partial charge in [0.25, 0.3) is 5.91 Å². The highest BCUT2D eigenvalue weighted by Gasteiger charge is 2.37. The van der Waals surface area contributed by atoms with Crippen LogP contribution in [-0.4, -0.2) is 68.5 Å². The Morgan fingerprint density at radius 3 is 2.97 bits per heavy atom. The van der Waals surface area contributed by atoms with Gasteiger partial charge < -0.3 is 24.7 Å². The van der Waals surface area contributed by atoms with Gasteiger partial charge in [0.1, 0.15) is 11.4 Å². The van der Waals surface area contributed by atoms with Gasteiger partial charge in [0, 0.05) is 48.2 Å². The molecule has 2 N–H and O–H groups in total. The number of nitrogens with zero attached hydrogens (tertiary/aromatic N) is 4. The second-order valence-electron chi connectivity index (χ2n) is 10.00. The monoisotopic (exact) mass is 548 g/mol. The SMILES string of the molecule is Cc1[nH]c2ccccc2c1CC(=O)N1C[C@@H]2NC(=O)c3ccc(Cl)c(c3)OCCCn3cc(nn3)CO[C@H]2C1. The summed E-state index contributed by atoms with van der Waals surface area (Å²) in [6.07, 6.45) is 2.37. The number of rotatable bonds is 2. The van der Waals surface area contributed by atoms with Gasteiger partial charge in [-0.3, -0.25) is 14.3 Å². The van der Waals surface area contributed by atoms with Gasteiger partial charge in [-0.25, -0.2) is 0 Å². The van der Waals surface area contributed by atoms with Gasteiger partial charge in [0.05, 0.1) is 43.0 Å². The minimum absolute atomic E-state index is 0.0211. The van der Waals surface area contributed by atoms with Crippen LogP contribution in [0.25, 0.3) is 10.9 Å². The fourth-order valence-electron chi connectivity index (χ4n) is 5.23. The van der Waals surface area contributed by atoms with Crippen LogP contribution in [0.4, 0.5) is 0 Å². The standard InChI is InChI=1S/C28H29ClN6O4/c1-17-21(20-5-2-3-6-23(20)30-17)12-27(36)34-14-24-26(15-34)39-16-19-13-35(33-32-19)9-4-10-38-25-11-18(28(37)31-24)7-8-22(25)29/h2-3,5-8,11,13,24,26,30H,4,9-10,12,14-16H2,1H3,(H,31,37)/t24-,26-/m0/s1. The molecule has 2 aromatic heterocycles. The molecule has 0 spiro atoms. The summed E-state index contributed by atoms with van der Waals surface area (Å²) in [6.45, 7) is 3.92. The molecule has 2 atom stereocenters. The number of aromatic nitrogens is 4. The molecule has 11 heteroatoms. The molecule has 10 nitrogen and oxygen atoms in total. The van der Waals surface area contributed by atoms with E-state index in [4.69, 9.17) is 21.1 Å². The number of amides is 2. The number of hydrogen-bond donors (Lipinski definition) is 2. The molecular formula is C28H29ClN6O4. The average Bonchev–Trinajstić information content (AvgIpc) is 3.63. The van der Waals surface area contributed by atoms with Crippen LogP contribution < -0.4 is 10.1 Å². The van der Waals surface area contributed by atoms with Gasteiger partial charge in [0.2, 0.25) is 5.91 Å². The molecule has 202 valence electrons. The highest BCUT2D eigenvalue weighted by atomic mass is 35.5. The molecule has 2 aliphatic heterocycles. The van der Waals surface area contributed by atoms with Crippen molar-refractivity contribution in [2.24, 2.45) is 0 Å². The molecule has 2 aromatic carbocycles. The summed E-state index contributed by atoms with van der Waals surface area (Å²) in [5, 5.41) is 12.9. The summed E-state index contributed by atoms with van der Waals surface area (Å²) in [4.78, 5) is 31.9. The van der Waals surface area contributed by atoms with E-state index in [1.807, 2.05) is 37.4 Å². The molecule has 0 saturated carbocycles. The van der Waals surface area contributed by atoms with E-state index >= 15 is 0 Å². The number of aryl methyl sites for hydroxylation is 2. The first-order valence-corrected chi connectivity index (χ1v) is 13.4. The summed E-state index contributed by atoms with van der Waals surface area (Å²) < 4.78 is 13.8. The quantitative estimate of drug-likeness (QED) is 0.397. The molecule has 0 unspecified atom stereocenters. The highest BCUT2D eigenvalue weighted by molar-refractivity contribution is 6.32. The van der Waals surface area contributed by atoms with Crippen molar-refractivity contribution >= 4 is 34.3 Å². The van der Waals surface area contributed by atoms with Crippen molar-refractivity contribution < 1.29 is 19.1 Å². The Balaban J connectivity index is 1.24. The van der Waals surface area contributed by atoms with E-state index in [0.29, 0.717) is 54.7 Å². The smallest absolute Gasteiger partial charge is 0.251 e. The van der Waals surface area contributed by atoms with Crippen molar-refractivity contribution in [2.75, 3.05) is 19.7 Å². The van der Waals surface area contributed by atoms with Crippen molar-refractivity contribution in [3.05, 3.63) is 76.2 Å². The number of benzene rings is 2. The first-order chi connectivity index (χ1) is 18.9. The van der Waals surface area contributed by atoms with Crippen LogP contribution in [0.1, 0.15) is 33.7 Å². The topological polar surface area (TPSA) is 114 Å². The largest absolute Gasteiger partial charge is 0.492 e. The minimum Gasteiger partial charge on any atom is -0.492 e. The third-order valence-electron chi connectivity index (χ3n) is 7.30. The molecule has 39 heavy (non-hydrogen) atoms. The number of nitrogens with one attached hydrogen (secondary N) is 2. The lowest BCUT2D eigenvalue weighted by molar-refractivity contribution is -0.130. The summed E-state index contributed by atoms with van der Waals surface area (Å²) in [5.41, 5.74) is 4.07. The maximum absolute atomic E-state index is 13.5. The van der Waals surface area contributed by atoms with Gasteiger partial charge in [0.15, 0.2) is 0 Å². The van der Waals surface area contributed by atoms with Crippen LogP contribution >= 0.6 is 11.6 Å². The van der Waals surface area contributed by atoms with Crippen LogP contribution in [0.5, 0.6) is 5.75 Å². The number of likely N-dealkylation sites (tertiary alicyclic amines) is 1. The van der Waals surface area contributed by atoms with Gasteiger partial charge in [-0.05, 0) is 36.8 Å². The van der Waals surface area contributed by atoms with Crippen molar-refractivity contribution in [1.29, 1.82) is 0 Å². The Morgan fingerprint density at radius 2 is 2.08 bits per heavy atom. The minimum atomic E-state index is -0.414. The van der Waals surface area contributed by atoms with E-state index in [0.717, 1.165) is 22.2 Å². The Bertz CT molecular complexity index is 1530. The summed E-state index contributed by atoms with van der Waals surface area (Å²) in [5.74, 6) is 0.142. The number of para-hydroxylation sites is 1. The van der Waals surface area contributed by atoms with E-state index in [2.05, 4.69) is 20.6 Å². The predicted octanol–water partition coefficient (Wildman–Crippen LogP) is 3.27. The Labute approximate surface area is 230 Å². The van der Waals surface area contributed by atoms with E-state index < -0.39 is 12.1 Å². The van der Waals surface area contributed by atoms with Crippen molar-refractivity contribution in [2.45, 2.75) is 45.1 Å². The lowest BCUT2D eigenvalue weighted by Gasteiger charge is -2.20. The third kappa shape index (κ3) is 5.35. The Kier molecular flexibility index (Phi) is 6.97. The zero-order chi connectivity index (χ0) is 26.9. The van der Waals surface area contributed by atoms with Crippen molar-refractivity contribution in [3.63, 3.8) is 0 Å². The van der Waals surface area contributed by atoms with Crippen LogP contribution in [0, 0.1) is 6.92 Å². The normalized spacial score (nSPS) is 19.9. The highest BCUT2D eigenvalue weighted by Crippen LogP contribution is 2.27. The van der Waals surface area contributed by atoms with Gasteiger partial charge in [-0.2, -0.15) is 0 Å². The second kappa shape index (κ2) is 10.7. The Hall–Kier alpha value is -3.89. The van der Waals surface area contributed by atoms with E-state index in [1.54, 1.807) is 27.8 Å². The molecule has 2 aliphatic rings. The number of carbonyl (C=O) groups is 2. The summed E-state index contributed by atoms with van der Waals surface area (Å²) in [6, 6.07) is 12.5. The van der Waals surface area contributed by atoms with Gasteiger partial charge in [-0.1, -0.05) is 35.0 Å². The molecule has 4 bridgehead atoms. The molecule has 1 fully saturated rings. The van der Waals surface area contributed by atoms with Crippen molar-refractivity contribution in [3.8, 4) is 5.75 Å². The fourth-order valence-corrected chi connectivity index (χ4v) is 5.40. The number of hydrogen-bond acceptors (Lipinski definition) is 6. The van der Waals surface area contributed by atoms with Crippen LogP contribution in [0.3, 0.4) is 0 Å². The molecule has 0 aliphatic carbocycles. The summed E-state index contributed by atoms with van der Waals surface area (Å²) >= 11 is 6.31. The Morgan fingerprint density at radius 1 is 1.21 bits per heavy atom. The molecule has 0 radical (unpaired) electrons. The zero-order valence-corrected chi connectivity index (χ0v) is 22.3. The lowest BCUT2D eigenvalue weighted by Crippen LogP contribution is -2.44. The van der Waals surface area contributed by atoms with E-state index in [-0.39, 0.29) is 24.8 Å². The molecule has 4 heterocycles. The third-order valence-corrected chi connectivity index (χ3v) is 7.62. The van der Waals surface area contributed by atoms with Crippen molar-refractivity contribution in [1.82, 2.24) is 30.2 Å².